The summed E-state index contributed by atoms with van der Waals surface area (Å²) in [6.07, 6.45) is 4.61. The standard InChI is InChI=1S/C14H18O3/c1-3-17-14(16)7-5-4-6-12-10-11(2)8-9-13(12)15/h5,7-10,15H,3-4,6H2,1-2H3/b7-5+. The summed E-state index contributed by atoms with van der Waals surface area (Å²) in [4.78, 5) is 11.0. The van der Waals surface area contributed by atoms with Crippen LogP contribution in [-0.2, 0) is 16.0 Å². The molecular weight excluding hydrogens is 216 g/mol. The molecule has 3 nitrogen and oxygen atoms in total. The van der Waals surface area contributed by atoms with E-state index in [0.717, 1.165) is 11.1 Å². The minimum atomic E-state index is -0.319. The maximum atomic E-state index is 11.0. The van der Waals surface area contributed by atoms with Gasteiger partial charge in [0.2, 0.25) is 0 Å². The molecule has 0 spiro atoms. The van der Waals surface area contributed by atoms with Gasteiger partial charge in [-0.2, -0.15) is 0 Å². The van der Waals surface area contributed by atoms with Crippen LogP contribution in [0, 0.1) is 6.92 Å². The number of phenolic OH excluding ortho intramolecular Hbond substituents is 1. The lowest BCUT2D eigenvalue weighted by Gasteiger charge is -2.03. The molecule has 0 unspecified atom stereocenters. The van der Waals surface area contributed by atoms with Crippen molar-refractivity contribution < 1.29 is 14.6 Å². The topological polar surface area (TPSA) is 46.5 Å². The molecule has 17 heavy (non-hydrogen) atoms. The minimum Gasteiger partial charge on any atom is -0.508 e. The van der Waals surface area contributed by atoms with E-state index in [4.69, 9.17) is 4.74 Å². The van der Waals surface area contributed by atoms with E-state index in [2.05, 4.69) is 0 Å². The van der Waals surface area contributed by atoms with E-state index in [1.165, 1.54) is 6.08 Å². The monoisotopic (exact) mass is 234 g/mol. The lowest BCUT2D eigenvalue weighted by atomic mass is 10.1. The Morgan fingerprint density at radius 1 is 1.47 bits per heavy atom. The first-order valence-electron chi connectivity index (χ1n) is 5.75. The van der Waals surface area contributed by atoms with E-state index in [9.17, 15) is 9.90 Å². The zero-order valence-electron chi connectivity index (χ0n) is 10.3. The van der Waals surface area contributed by atoms with Crippen molar-refractivity contribution >= 4 is 5.97 Å². The van der Waals surface area contributed by atoms with Gasteiger partial charge in [0.15, 0.2) is 0 Å². The Labute approximate surface area is 102 Å². The van der Waals surface area contributed by atoms with Crippen molar-refractivity contribution in [3.8, 4) is 5.75 Å². The number of ether oxygens (including phenoxy) is 1. The summed E-state index contributed by atoms with van der Waals surface area (Å²) in [5.74, 6) is -0.0129. The fourth-order valence-electron chi connectivity index (χ4n) is 1.52. The van der Waals surface area contributed by atoms with Gasteiger partial charge in [0.1, 0.15) is 5.75 Å². The summed E-state index contributed by atoms with van der Waals surface area (Å²) >= 11 is 0. The molecule has 0 atom stereocenters. The number of carbonyl (C=O) groups excluding carboxylic acids is 1. The molecule has 0 saturated heterocycles. The summed E-state index contributed by atoms with van der Waals surface area (Å²) in [6, 6.07) is 5.51. The number of rotatable bonds is 5. The van der Waals surface area contributed by atoms with Crippen LogP contribution in [0.2, 0.25) is 0 Å². The number of hydrogen-bond acceptors (Lipinski definition) is 3. The Morgan fingerprint density at radius 3 is 2.94 bits per heavy atom. The molecule has 0 aliphatic heterocycles. The van der Waals surface area contributed by atoms with Gasteiger partial charge in [-0.3, -0.25) is 0 Å². The van der Waals surface area contributed by atoms with Gasteiger partial charge in [-0.1, -0.05) is 23.8 Å². The Morgan fingerprint density at radius 2 is 2.24 bits per heavy atom. The van der Waals surface area contributed by atoms with E-state index in [1.54, 1.807) is 19.1 Å². The SMILES string of the molecule is CCOC(=O)/C=C/CCc1cc(C)ccc1O. The van der Waals surface area contributed by atoms with E-state index >= 15 is 0 Å². The lowest BCUT2D eigenvalue weighted by Crippen LogP contribution is -1.98. The third-order valence-electron chi connectivity index (χ3n) is 2.36. The molecule has 0 saturated carbocycles. The summed E-state index contributed by atoms with van der Waals surface area (Å²) < 4.78 is 4.76. The van der Waals surface area contributed by atoms with Crippen molar-refractivity contribution in [3.05, 3.63) is 41.5 Å². The largest absolute Gasteiger partial charge is 0.508 e. The van der Waals surface area contributed by atoms with Gasteiger partial charge >= 0.3 is 5.97 Å². The number of hydrogen-bond donors (Lipinski definition) is 1. The Bertz CT molecular complexity index is 408. The maximum Gasteiger partial charge on any atom is 0.330 e. The van der Waals surface area contributed by atoms with Crippen LogP contribution in [0.4, 0.5) is 0 Å². The molecule has 0 fully saturated rings. The lowest BCUT2D eigenvalue weighted by molar-refractivity contribution is -0.137. The summed E-state index contributed by atoms with van der Waals surface area (Å²) in [7, 11) is 0. The smallest absolute Gasteiger partial charge is 0.330 e. The number of esters is 1. The number of carbonyl (C=O) groups is 1. The fourth-order valence-corrected chi connectivity index (χ4v) is 1.52. The van der Waals surface area contributed by atoms with Crippen LogP contribution in [0.3, 0.4) is 0 Å². The highest BCUT2D eigenvalue weighted by molar-refractivity contribution is 5.81. The predicted octanol–water partition coefficient (Wildman–Crippen LogP) is 2.75. The summed E-state index contributed by atoms with van der Waals surface area (Å²) in [5, 5.41) is 9.61. The average molecular weight is 234 g/mol. The molecule has 0 aliphatic rings. The predicted molar refractivity (Wildman–Crippen MR) is 66.9 cm³/mol. The Balaban J connectivity index is 2.45. The molecule has 1 N–H and O–H groups in total. The van der Waals surface area contributed by atoms with Gasteiger partial charge in [-0.05, 0) is 38.3 Å². The van der Waals surface area contributed by atoms with Crippen LogP contribution >= 0.6 is 0 Å². The Hall–Kier alpha value is -1.77. The normalized spacial score (nSPS) is 10.7. The van der Waals surface area contributed by atoms with Gasteiger partial charge < -0.3 is 9.84 Å². The third-order valence-corrected chi connectivity index (χ3v) is 2.36. The third kappa shape index (κ3) is 4.72. The van der Waals surface area contributed by atoms with Gasteiger partial charge in [0.05, 0.1) is 6.61 Å². The zero-order valence-corrected chi connectivity index (χ0v) is 10.3. The molecule has 0 amide bonds. The molecule has 1 rings (SSSR count). The van der Waals surface area contributed by atoms with Gasteiger partial charge in [0.25, 0.3) is 0 Å². The molecular formula is C14H18O3. The molecule has 3 heteroatoms. The van der Waals surface area contributed by atoms with Crippen molar-refractivity contribution in [1.29, 1.82) is 0 Å². The second-order valence-electron chi connectivity index (χ2n) is 3.83. The highest BCUT2D eigenvalue weighted by Crippen LogP contribution is 2.19. The molecule has 1 aromatic carbocycles. The highest BCUT2D eigenvalue weighted by Gasteiger charge is 2.00. The summed E-state index contributed by atoms with van der Waals surface area (Å²) in [6.45, 7) is 4.15. The van der Waals surface area contributed by atoms with Crippen LogP contribution in [0.5, 0.6) is 5.75 Å². The van der Waals surface area contributed by atoms with Crippen LogP contribution in [0.25, 0.3) is 0 Å². The Kier molecular flexibility index (Phi) is 5.27. The molecule has 0 heterocycles. The minimum absolute atomic E-state index is 0.306. The van der Waals surface area contributed by atoms with Crippen molar-refractivity contribution in [1.82, 2.24) is 0 Å². The van der Waals surface area contributed by atoms with Crippen LogP contribution in [0.15, 0.2) is 30.4 Å². The molecule has 0 radical (unpaired) electrons. The number of aryl methyl sites for hydroxylation is 2. The van der Waals surface area contributed by atoms with Gasteiger partial charge in [-0.25, -0.2) is 4.79 Å². The first-order chi connectivity index (χ1) is 8.13. The number of allylic oxidation sites excluding steroid dienone is 1. The van der Waals surface area contributed by atoms with Gasteiger partial charge in [0, 0.05) is 6.08 Å². The van der Waals surface area contributed by atoms with Crippen LogP contribution in [-0.4, -0.2) is 17.7 Å². The second-order valence-corrected chi connectivity index (χ2v) is 3.83. The number of benzene rings is 1. The van der Waals surface area contributed by atoms with Gasteiger partial charge in [-0.15, -0.1) is 0 Å². The van der Waals surface area contributed by atoms with Crippen molar-refractivity contribution in [3.63, 3.8) is 0 Å². The van der Waals surface area contributed by atoms with E-state index < -0.39 is 0 Å². The highest BCUT2D eigenvalue weighted by atomic mass is 16.5. The fraction of sp³-hybridized carbons (Fsp3) is 0.357. The molecule has 1 aromatic rings. The van der Waals surface area contributed by atoms with E-state index in [-0.39, 0.29) is 5.97 Å². The average Bonchev–Trinajstić information content (AvgIpc) is 2.29. The van der Waals surface area contributed by atoms with E-state index in [1.807, 2.05) is 19.1 Å². The van der Waals surface area contributed by atoms with Crippen LogP contribution < -0.4 is 0 Å². The summed E-state index contributed by atoms with van der Waals surface area (Å²) in [5.41, 5.74) is 2.02. The molecule has 0 aromatic heterocycles. The number of phenols is 1. The van der Waals surface area contributed by atoms with Crippen molar-refractivity contribution in [2.45, 2.75) is 26.7 Å². The molecule has 0 bridgehead atoms. The van der Waals surface area contributed by atoms with E-state index in [0.29, 0.717) is 25.2 Å². The molecule has 92 valence electrons. The first kappa shape index (κ1) is 13.3. The van der Waals surface area contributed by atoms with Crippen molar-refractivity contribution in [2.75, 3.05) is 6.61 Å². The first-order valence-corrected chi connectivity index (χ1v) is 5.75. The van der Waals surface area contributed by atoms with Crippen LogP contribution in [0.1, 0.15) is 24.5 Å². The number of aromatic hydroxyl groups is 1. The maximum absolute atomic E-state index is 11.0. The quantitative estimate of drug-likeness (QED) is 0.629. The zero-order chi connectivity index (χ0) is 12.7. The van der Waals surface area contributed by atoms with Crippen molar-refractivity contribution in [2.24, 2.45) is 0 Å². The second kappa shape index (κ2) is 6.74. The molecule has 0 aliphatic carbocycles.